The average molecular weight is 535 g/mol. The number of carbonyl (C=O) groups is 1. The van der Waals surface area contributed by atoms with Crippen LogP contribution in [-0.2, 0) is 11.3 Å². The van der Waals surface area contributed by atoms with E-state index >= 15 is 0 Å². The number of hydrogen-bond acceptors (Lipinski definition) is 7. The molecule has 2 heterocycles. The molecule has 0 saturated heterocycles. The number of imidazole rings is 1. The Morgan fingerprint density at radius 1 is 1.16 bits per heavy atom. The Morgan fingerprint density at radius 2 is 1.95 bits per heavy atom. The van der Waals surface area contributed by atoms with Crippen LogP contribution in [0, 0.1) is 23.6 Å². The second-order valence-corrected chi connectivity index (χ2v) is 9.40. The van der Waals surface area contributed by atoms with E-state index in [9.17, 15) is 19.4 Å². The Hall–Kier alpha value is -4.04. The second kappa shape index (κ2) is 10.8. The minimum atomic E-state index is -1.24. The maximum Gasteiger partial charge on any atom is 0.225 e. The van der Waals surface area contributed by atoms with Gasteiger partial charge in [-0.15, -0.1) is 0 Å². The molecule has 1 aliphatic carbocycles. The normalized spacial score (nSPS) is 20.7. The van der Waals surface area contributed by atoms with Gasteiger partial charge in [-0.2, -0.15) is 0 Å². The summed E-state index contributed by atoms with van der Waals surface area (Å²) >= 11 is 6.12. The van der Waals surface area contributed by atoms with Gasteiger partial charge in [-0.05, 0) is 54.3 Å². The molecular weight excluding hydrogens is 511 g/mol. The number of aliphatic hydroxyl groups excluding tert-OH is 2. The van der Waals surface area contributed by atoms with E-state index in [4.69, 9.17) is 11.6 Å². The van der Waals surface area contributed by atoms with E-state index in [1.54, 1.807) is 22.8 Å². The first-order valence-electron chi connectivity index (χ1n) is 11.9. The third-order valence-electron chi connectivity index (χ3n) is 6.53. The number of amides is 1. The van der Waals surface area contributed by atoms with Crippen molar-refractivity contribution in [2.45, 2.75) is 31.2 Å². The number of aromatic nitrogens is 4. The quantitative estimate of drug-likeness (QED) is 0.290. The van der Waals surface area contributed by atoms with Crippen LogP contribution in [0.2, 0.25) is 5.02 Å². The van der Waals surface area contributed by atoms with Gasteiger partial charge in [0, 0.05) is 24.2 Å². The van der Waals surface area contributed by atoms with Crippen LogP contribution in [0.15, 0.2) is 54.9 Å². The predicted octanol–water partition coefficient (Wildman–Crippen LogP) is 2.66. The molecule has 1 aliphatic rings. The summed E-state index contributed by atoms with van der Waals surface area (Å²) in [5, 5.41) is 27.7. The molecular formula is C27H24ClFN6O3. The van der Waals surface area contributed by atoms with Gasteiger partial charge in [0.15, 0.2) is 17.0 Å². The standard InChI is InChI=1S/C27H24ClFN6O3/c1-30-27(38)19-12-20(24(37)23(19)36)35-14-32-22-25(31-13-16-3-2-4-17(28)11-16)33-21(34-26(22)35)10-7-15-5-8-18(29)9-6-15/h2-6,8-9,11,14,19-20,23-24,36-37H,12-13H2,1H3,(H,30,38)(H,31,33,34)/t19-,20+,23+,24-/m0/s1. The van der Waals surface area contributed by atoms with E-state index in [1.807, 2.05) is 18.2 Å². The molecule has 2 aromatic carbocycles. The zero-order valence-electron chi connectivity index (χ0n) is 20.3. The molecule has 1 fully saturated rings. The Balaban J connectivity index is 1.54. The third-order valence-corrected chi connectivity index (χ3v) is 6.76. The van der Waals surface area contributed by atoms with Crippen LogP contribution in [0.1, 0.15) is 29.4 Å². The molecule has 0 spiro atoms. The highest BCUT2D eigenvalue weighted by molar-refractivity contribution is 6.30. The van der Waals surface area contributed by atoms with Gasteiger partial charge in [0.1, 0.15) is 11.9 Å². The molecule has 194 valence electrons. The Bertz CT molecular complexity index is 1550. The first-order chi connectivity index (χ1) is 18.3. The summed E-state index contributed by atoms with van der Waals surface area (Å²) in [6.45, 7) is 0.397. The van der Waals surface area contributed by atoms with Crippen molar-refractivity contribution >= 4 is 34.5 Å². The maximum atomic E-state index is 13.3. The molecule has 0 unspecified atom stereocenters. The van der Waals surface area contributed by atoms with Gasteiger partial charge >= 0.3 is 0 Å². The molecule has 5 rings (SSSR count). The molecule has 4 aromatic rings. The molecule has 2 aromatic heterocycles. The molecule has 9 nitrogen and oxygen atoms in total. The molecule has 4 N–H and O–H groups in total. The van der Waals surface area contributed by atoms with E-state index < -0.39 is 24.2 Å². The van der Waals surface area contributed by atoms with Gasteiger partial charge in [-0.25, -0.2) is 19.3 Å². The van der Waals surface area contributed by atoms with Crippen LogP contribution in [0.4, 0.5) is 10.2 Å². The van der Waals surface area contributed by atoms with E-state index in [-0.39, 0.29) is 24.0 Å². The van der Waals surface area contributed by atoms with Gasteiger partial charge in [-0.1, -0.05) is 29.7 Å². The fourth-order valence-corrected chi connectivity index (χ4v) is 4.78. The van der Waals surface area contributed by atoms with Crippen LogP contribution in [-0.4, -0.2) is 54.9 Å². The first-order valence-corrected chi connectivity index (χ1v) is 12.3. The fraction of sp³-hybridized carbons (Fsp3) is 0.259. The van der Waals surface area contributed by atoms with E-state index in [2.05, 4.69) is 37.4 Å². The number of carbonyl (C=O) groups excluding carboxylic acids is 1. The minimum absolute atomic E-state index is 0.174. The number of hydrogen-bond donors (Lipinski definition) is 4. The van der Waals surface area contributed by atoms with Crippen LogP contribution in [0.25, 0.3) is 11.2 Å². The predicted molar refractivity (Wildman–Crippen MR) is 140 cm³/mol. The summed E-state index contributed by atoms with van der Waals surface area (Å²) in [4.78, 5) is 25.9. The van der Waals surface area contributed by atoms with E-state index in [0.29, 0.717) is 34.1 Å². The van der Waals surface area contributed by atoms with Crippen LogP contribution >= 0.6 is 11.6 Å². The summed E-state index contributed by atoms with van der Waals surface area (Å²) in [6.07, 6.45) is -0.744. The van der Waals surface area contributed by atoms with Crippen molar-refractivity contribution in [3.63, 3.8) is 0 Å². The highest BCUT2D eigenvalue weighted by Gasteiger charge is 2.46. The molecule has 0 aliphatic heterocycles. The van der Waals surface area contributed by atoms with Gasteiger partial charge in [-0.3, -0.25) is 4.79 Å². The topological polar surface area (TPSA) is 125 Å². The van der Waals surface area contributed by atoms with Crippen molar-refractivity contribution in [1.82, 2.24) is 24.8 Å². The Morgan fingerprint density at radius 3 is 2.68 bits per heavy atom. The van der Waals surface area contributed by atoms with E-state index in [1.165, 1.54) is 25.5 Å². The summed E-state index contributed by atoms with van der Waals surface area (Å²) < 4.78 is 14.9. The van der Waals surface area contributed by atoms with Gasteiger partial charge in [0.05, 0.1) is 24.4 Å². The maximum absolute atomic E-state index is 13.3. The summed E-state index contributed by atoms with van der Waals surface area (Å²) in [5.74, 6) is 4.93. The highest BCUT2D eigenvalue weighted by atomic mass is 35.5. The number of fused-ring (bicyclic) bond motifs is 1. The number of nitrogens with zero attached hydrogens (tertiary/aromatic N) is 4. The van der Waals surface area contributed by atoms with Gasteiger partial charge in [0.25, 0.3) is 0 Å². The van der Waals surface area contributed by atoms with Crippen molar-refractivity contribution in [2.75, 3.05) is 12.4 Å². The number of benzene rings is 2. The zero-order chi connectivity index (χ0) is 26.8. The summed E-state index contributed by atoms with van der Waals surface area (Å²) in [7, 11) is 1.48. The molecule has 38 heavy (non-hydrogen) atoms. The lowest BCUT2D eigenvalue weighted by atomic mass is 10.1. The lowest BCUT2D eigenvalue weighted by Crippen LogP contribution is -2.36. The number of nitrogens with one attached hydrogen (secondary N) is 2. The number of anilines is 1. The molecule has 11 heteroatoms. The van der Waals surface area contributed by atoms with Crippen molar-refractivity contribution < 1.29 is 19.4 Å². The van der Waals surface area contributed by atoms with Crippen molar-refractivity contribution in [1.29, 1.82) is 0 Å². The van der Waals surface area contributed by atoms with Crippen molar-refractivity contribution in [3.8, 4) is 11.8 Å². The molecule has 1 saturated carbocycles. The fourth-order valence-electron chi connectivity index (χ4n) is 4.56. The Labute approximate surface area is 222 Å². The van der Waals surface area contributed by atoms with Gasteiger partial charge < -0.3 is 25.4 Å². The highest BCUT2D eigenvalue weighted by Crippen LogP contribution is 2.37. The third kappa shape index (κ3) is 5.17. The van der Waals surface area contributed by atoms with Crippen molar-refractivity contribution in [2.24, 2.45) is 5.92 Å². The summed E-state index contributed by atoms with van der Waals surface area (Å²) in [6, 6.07) is 12.5. The van der Waals surface area contributed by atoms with Crippen LogP contribution in [0.3, 0.4) is 0 Å². The van der Waals surface area contributed by atoms with Crippen LogP contribution in [0.5, 0.6) is 0 Å². The second-order valence-electron chi connectivity index (χ2n) is 8.97. The Kier molecular flexibility index (Phi) is 7.24. The monoisotopic (exact) mass is 534 g/mol. The number of aliphatic hydroxyl groups is 2. The van der Waals surface area contributed by atoms with Crippen LogP contribution < -0.4 is 10.6 Å². The number of rotatable bonds is 5. The molecule has 4 atom stereocenters. The molecule has 0 radical (unpaired) electrons. The first kappa shape index (κ1) is 25.6. The zero-order valence-corrected chi connectivity index (χ0v) is 21.0. The SMILES string of the molecule is CNC(=O)[C@H]1C[C@@H](n2cnc3c(NCc4cccc(Cl)c4)nc(C#Cc4ccc(F)cc4)nc32)[C@H](O)[C@@H]1O. The smallest absolute Gasteiger partial charge is 0.225 e. The number of halogens is 2. The van der Waals surface area contributed by atoms with E-state index in [0.717, 1.165) is 5.56 Å². The largest absolute Gasteiger partial charge is 0.390 e. The molecule has 0 bridgehead atoms. The lowest BCUT2D eigenvalue weighted by Gasteiger charge is -2.18. The van der Waals surface area contributed by atoms with Crippen molar-refractivity contribution in [3.05, 3.63) is 82.6 Å². The summed E-state index contributed by atoms with van der Waals surface area (Å²) in [5.41, 5.74) is 2.32. The molecule has 1 amide bonds. The van der Waals surface area contributed by atoms with Gasteiger partial charge in [0.2, 0.25) is 11.7 Å². The minimum Gasteiger partial charge on any atom is -0.390 e. The average Bonchev–Trinajstić information content (AvgIpc) is 3.47. The lowest BCUT2D eigenvalue weighted by molar-refractivity contribution is -0.128.